The predicted molar refractivity (Wildman–Crippen MR) is 49.5 cm³/mol. The predicted octanol–water partition coefficient (Wildman–Crippen LogP) is 0.464. The summed E-state index contributed by atoms with van der Waals surface area (Å²) in [5.74, 6) is -1.53. The Labute approximate surface area is 81.3 Å². The van der Waals surface area contributed by atoms with Gasteiger partial charge in [0.2, 0.25) is 0 Å². The first-order valence-corrected chi connectivity index (χ1v) is 4.60. The summed E-state index contributed by atoms with van der Waals surface area (Å²) >= 11 is 0. The van der Waals surface area contributed by atoms with Crippen LogP contribution < -0.4 is 5.32 Å². The van der Waals surface area contributed by atoms with Crippen molar-refractivity contribution in [3.05, 3.63) is 23.3 Å². The van der Waals surface area contributed by atoms with E-state index in [4.69, 9.17) is 5.11 Å². The topological polar surface area (TPSA) is 66.4 Å². The molecule has 0 aromatic carbocycles. The molecule has 2 N–H and O–H groups in total. The van der Waals surface area contributed by atoms with Gasteiger partial charge in [-0.25, -0.2) is 0 Å². The van der Waals surface area contributed by atoms with Crippen LogP contribution in [0, 0.1) is 5.92 Å². The molecule has 1 amide bonds. The molecule has 0 spiro atoms. The number of nitrogens with one attached hydrogen (secondary N) is 1. The van der Waals surface area contributed by atoms with Crippen LogP contribution in [0.1, 0.15) is 12.8 Å². The maximum atomic E-state index is 11.4. The van der Waals surface area contributed by atoms with E-state index in [0.29, 0.717) is 12.0 Å². The third kappa shape index (κ3) is 1.32. The molecule has 4 heteroatoms. The number of carbonyl (C=O) groups is 2. The van der Waals surface area contributed by atoms with E-state index in [1.165, 1.54) is 0 Å². The van der Waals surface area contributed by atoms with Crippen LogP contribution in [0.3, 0.4) is 0 Å². The molecule has 0 bridgehead atoms. The van der Waals surface area contributed by atoms with E-state index in [-0.39, 0.29) is 12.5 Å². The highest BCUT2D eigenvalue weighted by Crippen LogP contribution is 2.28. The van der Waals surface area contributed by atoms with Crippen molar-refractivity contribution in [2.45, 2.75) is 12.8 Å². The summed E-state index contributed by atoms with van der Waals surface area (Å²) in [6.45, 7) is 0.223. The van der Waals surface area contributed by atoms with Crippen molar-refractivity contribution in [2.75, 3.05) is 6.54 Å². The Balaban J connectivity index is 2.41. The van der Waals surface area contributed by atoms with Gasteiger partial charge in [0.25, 0.3) is 5.91 Å². The van der Waals surface area contributed by atoms with Gasteiger partial charge < -0.3 is 10.4 Å². The lowest BCUT2D eigenvalue weighted by Crippen LogP contribution is -2.40. The van der Waals surface area contributed by atoms with Crippen molar-refractivity contribution in [3.8, 4) is 0 Å². The maximum Gasteiger partial charge on any atom is 0.312 e. The van der Waals surface area contributed by atoms with Crippen molar-refractivity contribution in [3.63, 3.8) is 0 Å². The van der Waals surface area contributed by atoms with Gasteiger partial charge in [-0.05, 0) is 18.4 Å². The zero-order chi connectivity index (χ0) is 10.1. The second kappa shape index (κ2) is 3.29. The lowest BCUT2D eigenvalue weighted by atomic mass is 9.84. The van der Waals surface area contributed by atoms with Gasteiger partial charge in [-0.2, -0.15) is 0 Å². The summed E-state index contributed by atoms with van der Waals surface area (Å²) in [6.07, 6.45) is 5.15. The number of aliphatic carboxylic acids is 1. The Kier molecular flexibility index (Phi) is 2.11. The molecule has 0 aromatic rings. The minimum Gasteiger partial charge on any atom is -0.481 e. The van der Waals surface area contributed by atoms with Crippen LogP contribution in [0.2, 0.25) is 0 Å². The van der Waals surface area contributed by atoms with Gasteiger partial charge in [0.1, 0.15) is 0 Å². The van der Waals surface area contributed by atoms with Gasteiger partial charge >= 0.3 is 5.97 Å². The smallest absolute Gasteiger partial charge is 0.312 e. The van der Waals surface area contributed by atoms with Crippen LogP contribution in [-0.4, -0.2) is 23.5 Å². The van der Waals surface area contributed by atoms with Gasteiger partial charge in [-0.15, -0.1) is 0 Å². The standard InChI is InChI=1S/C10H11NO3/c12-9-7-4-2-1-3-6(7)8(5-11-9)10(13)14/h2,4,8H,1,3,5H2,(H,11,12)(H,13,14). The van der Waals surface area contributed by atoms with Gasteiger partial charge in [0.05, 0.1) is 5.92 Å². The lowest BCUT2D eigenvalue weighted by molar-refractivity contribution is -0.140. The summed E-state index contributed by atoms with van der Waals surface area (Å²) in [5, 5.41) is 11.5. The van der Waals surface area contributed by atoms with Crippen LogP contribution in [-0.2, 0) is 9.59 Å². The van der Waals surface area contributed by atoms with E-state index < -0.39 is 11.9 Å². The molecule has 1 heterocycles. The van der Waals surface area contributed by atoms with Crippen LogP contribution in [0.5, 0.6) is 0 Å². The summed E-state index contributed by atoms with van der Waals surface area (Å²) in [4.78, 5) is 22.3. The summed E-state index contributed by atoms with van der Waals surface area (Å²) in [5.41, 5.74) is 1.33. The van der Waals surface area contributed by atoms with Crippen LogP contribution in [0.15, 0.2) is 23.3 Å². The SMILES string of the molecule is O=C1NCC(C(=O)O)C2=C1C=CCC2. The molecule has 2 aliphatic rings. The molecule has 0 saturated heterocycles. The monoisotopic (exact) mass is 193 g/mol. The normalized spacial score (nSPS) is 25.7. The molecule has 0 fully saturated rings. The first-order chi connectivity index (χ1) is 6.70. The number of carbonyl (C=O) groups excluding carboxylic acids is 1. The first-order valence-electron chi connectivity index (χ1n) is 4.60. The molecule has 14 heavy (non-hydrogen) atoms. The minimum atomic E-state index is -0.854. The quantitative estimate of drug-likeness (QED) is 0.636. The van der Waals surface area contributed by atoms with Crippen molar-refractivity contribution >= 4 is 11.9 Å². The average Bonchev–Trinajstić information content (AvgIpc) is 2.18. The Morgan fingerprint density at radius 3 is 3.07 bits per heavy atom. The number of allylic oxidation sites excluding steroid dienone is 1. The highest BCUT2D eigenvalue weighted by atomic mass is 16.4. The molecule has 74 valence electrons. The average molecular weight is 193 g/mol. The van der Waals surface area contributed by atoms with E-state index in [0.717, 1.165) is 12.0 Å². The summed E-state index contributed by atoms with van der Waals surface area (Å²) in [7, 11) is 0. The Hall–Kier alpha value is -1.58. The van der Waals surface area contributed by atoms with E-state index in [1.54, 1.807) is 6.08 Å². The molecule has 4 nitrogen and oxygen atoms in total. The molecular weight excluding hydrogens is 182 g/mol. The highest BCUT2D eigenvalue weighted by Gasteiger charge is 2.31. The number of rotatable bonds is 1. The molecule has 0 saturated carbocycles. The molecule has 0 aromatic heterocycles. The van der Waals surface area contributed by atoms with E-state index in [1.807, 2.05) is 6.08 Å². The Bertz CT molecular complexity index is 354. The Morgan fingerprint density at radius 1 is 1.57 bits per heavy atom. The first kappa shape index (κ1) is 8.99. The van der Waals surface area contributed by atoms with Crippen molar-refractivity contribution < 1.29 is 14.7 Å². The maximum absolute atomic E-state index is 11.4. The van der Waals surface area contributed by atoms with Gasteiger partial charge in [-0.3, -0.25) is 9.59 Å². The van der Waals surface area contributed by atoms with Crippen molar-refractivity contribution in [2.24, 2.45) is 5.92 Å². The molecule has 0 radical (unpaired) electrons. The fourth-order valence-corrected chi connectivity index (χ4v) is 1.91. The number of hydrogen-bond donors (Lipinski definition) is 2. The zero-order valence-corrected chi connectivity index (χ0v) is 7.62. The van der Waals surface area contributed by atoms with Gasteiger partial charge in [0.15, 0.2) is 0 Å². The third-order valence-electron chi connectivity index (χ3n) is 2.64. The molecule has 1 aliphatic carbocycles. The number of carboxylic acids is 1. The van der Waals surface area contributed by atoms with E-state index in [9.17, 15) is 9.59 Å². The molecule has 1 unspecified atom stereocenters. The van der Waals surface area contributed by atoms with Gasteiger partial charge in [-0.1, -0.05) is 12.2 Å². The lowest BCUT2D eigenvalue weighted by Gasteiger charge is -2.26. The van der Waals surface area contributed by atoms with E-state index >= 15 is 0 Å². The minimum absolute atomic E-state index is 0.145. The fraction of sp³-hybridized carbons (Fsp3) is 0.400. The van der Waals surface area contributed by atoms with Gasteiger partial charge in [0, 0.05) is 12.1 Å². The van der Waals surface area contributed by atoms with Crippen LogP contribution in [0.4, 0.5) is 0 Å². The second-order valence-corrected chi connectivity index (χ2v) is 3.48. The van der Waals surface area contributed by atoms with Crippen LogP contribution in [0.25, 0.3) is 0 Å². The second-order valence-electron chi connectivity index (χ2n) is 3.48. The molecule has 1 aliphatic heterocycles. The summed E-state index contributed by atoms with van der Waals surface area (Å²) in [6, 6.07) is 0. The van der Waals surface area contributed by atoms with Crippen molar-refractivity contribution in [1.29, 1.82) is 0 Å². The highest BCUT2D eigenvalue weighted by molar-refractivity contribution is 6.00. The molecule has 2 rings (SSSR count). The number of amides is 1. The fourth-order valence-electron chi connectivity index (χ4n) is 1.91. The van der Waals surface area contributed by atoms with Crippen LogP contribution >= 0.6 is 0 Å². The number of hydrogen-bond acceptors (Lipinski definition) is 2. The third-order valence-corrected chi connectivity index (χ3v) is 2.64. The Morgan fingerprint density at radius 2 is 2.36 bits per heavy atom. The number of carboxylic acid groups (broad SMARTS) is 1. The largest absolute Gasteiger partial charge is 0.481 e. The summed E-state index contributed by atoms with van der Waals surface area (Å²) < 4.78 is 0. The van der Waals surface area contributed by atoms with Crippen molar-refractivity contribution in [1.82, 2.24) is 5.32 Å². The van der Waals surface area contributed by atoms with E-state index in [2.05, 4.69) is 5.32 Å². The molecular formula is C10H11NO3. The molecule has 1 atom stereocenters. The zero-order valence-electron chi connectivity index (χ0n) is 7.62.